The lowest BCUT2D eigenvalue weighted by Gasteiger charge is -2.38. The minimum atomic E-state index is -3.93. The molecule has 0 bridgehead atoms. The van der Waals surface area contributed by atoms with Crippen LogP contribution < -0.4 is 19.9 Å². The number of carbonyl (C=O) groups excluding carboxylic acids is 1. The Labute approximate surface area is 220 Å². The number of para-hydroxylation sites is 2. The van der Waals surface area contributed by atoms with E-state index in [-0.39, 0.29) is 29.4 Å². The number of amides is 1. The summed E-state index contributed by atoms with van der Waals surface area (Å²) in [5.74, 6) is 0.0526. The van der Waals surface area contributed by atoms with Crippen LogP contribution in [0.4, 0.5) is 21.5 Å². The minimum absolute atomic E-state index is 0.0677. The highest BCUT2D eigenvalue weighted by Crippen LogP contribution is 2.41. The molecule has 2 fully saturated rings. The fraction of sp³-hybridized carbons (Fsp3) is 0.296. The molecule has 0 radical (unpaired) electrons. The van der Waals surface area contributed by atoms with Crippen LogP contribution >= 0.6 is 0 Å². The summed E-state index contributed by atoms with van der Waals surface area (Å²) in [4.78, 5) is 17.4. The zero-order valence-electron chi connectivity index (χ0n) is 20.6. The SMILES string of the molecule is O=C1Nc2ccccc2Oc2cc(N3CCN(c4ccc(F)cc4)CC3)c(S(=O)(=O)N3CCOCC3)cc21. The third-order valence-corrected chi connectivity index (χ3v) is 8.99. The van der Waals surface area contributed by atoms with Gasteiger partial charge < -0.3 is 24.6 Å². The molecule has 11 heteroatoms. The molecule has 0 atom stereocenters. The lowest BCUT2D eigenvalue weighted by atomic mass is 10.1. The third kappa shape index (κ3) is 4.57. The van der Waals surface area contributed by atoms with E-state index in [4.69, 9.17) is 9.47 Å². The number of nitrogens with zero attached hydrogens (tertiary/aromatic N) is 3. The van der Waals surface area contributed by atoms with Gasteiger partial charge in [-0.25, -0.2) is 12.8 Å². The second-order valence-electron chi connectivity index (χ2n) is 9.34. The van der Waals surface area contributed by atoms with Gasteiger partial charge in [-0.2, -0.15) is 4.31 Å². The number of piperazine rings is 1. The van der Waals surface area contributed by atoms with Gasteiger partial charge in [-0.3, -0.25) is 4.79 Å². The molecular formula is C27H27FN4O5S. The Bertz CT molecular complexity index is 1470. The van der Waals surface area contributed by atoms with Crippen molar-refractivity contribution in [2.45, 2.75) is 4.90 Å². The second-order valence-corrected chi connectivity index (χ2v) is 11.2. The van der Waals surface area contributed by atoms with Gasteiger partial charge in [0.25, 0.3) is 5.91 Å². The van der Waals surface area contributed by atoms with Gasteiger partial charge in [0, 0.05) is 51.0 Å². The fourth-order valence-corrected chi connectivity index (χ4v) is 6.64. The molecule has 3 heterocycles. The van der Waals surface area contributed by atoms with Crippen LogP contribution in [0, 0.1) is 5.82 Å². The molecule has 0 aromatic heterocycles. The van der Waals surface area contributed by atoms with E-state index < -0.39 is 15.9 Å². The Hall–Kier alpha value is -3.67. The van der Waals surface area contributed by atoms with Gasteiger partial charge in [-0.15, -0.1) is 0 Å². The smallest absolute Gasteiger partial charge is 0.259 e. The van der Waals surface area contributed by atoms with E-state index in [0.717, 1.165) is 5.69 Å². The molecule has 38 heavy (non-hydrogen) atoms. The summed E-state index contributed by atoms with van der Waals surface area (Å²) in [5, 5.41) is 2.82. The van der Waals surface area contributed by atoms with Crippen LogP contribution in [0.3, 0.4) is 0 Å². The topological polar surface area (TPSA) is 91.4 Å². The summed E-state index contributed by atoms with van der Waals surface area (Å²) in [6.07, 6.45) is 0. The minimum Gasteiger partial charge on any atom is -0.454 e. The zero-order valence-corrected chi connectivity index (χ0v) is 21.4. The highest BCUT2D eigenvalue weighted by Gasteiger charge is 2.34. The average molecular weight is 539 g/mol. The molecule has 2 saturated heterocycles. The summed E-state index contributed by atoms with van der Waals surface area (Å²) < 4.78 is 54.1. The lowest BCUT2D eigenvalue weighted by molar-refractivity contribution is 0.0730. The van der Waals surface area contributed by atoms with Crippen molar-refractivity contribution >= 4 is 33.0 Å². The molecule has 1 N–H and O–H groups in total. The first-order chi connectivity index (χ1) is 18.4. The Morgan fingerprint density at radius 3 is 2.24 bits per heavy atom. The molecular weight excluding hydrogens is 511 g/mol. The number of morpholine rings is 1. The van der Waals surface area contributed by atoms with Gasteiger partial charge in [0.2, 0.25) is 10.0 Å². The maximum absolute atomic E-state index is 13.9. The van der Waals surface area contributed by atoms with E-state index in [1.165, 1.54) is 22.5 Å². The number of ether oxygens (including phenoxy) is 2. The van der Waals surface area contributed by atoms with Gasteiger partial charge in [0.05, 0.1) is 30.2 Å². The molecule has 198 valence electrons. The van der Waals surface area contributed by atoms with Gasteiger partial charge in [-0.05, 0) is 42.5 Å². The molecule has 6 rings (SSSR count). The monoisotopic (exact) mass is 538 g/mol. The highest BCUT2D eigenvalue weighted by molar-refractivity contribution is 7.89. The Balaban J connectivity index is 1.39. The summed E-state index contributed by atoms with van der Waals surface area (Å²) in [6.45, 7) is 3.41. The second kappa shape index (κ2) is 9.90. The van der Waals surface area contributed by atoms with E-state index in [1.54, 1.807) is 36.4 Å². The first-order valence-corrected chi connectivity index (χ1v) is 13.9. The van der Waals surface area contributed by atoms with Crippen molar-refractivity contribution in [2.24, 2.45) is 0 Å². The average Bonchev–Trinajstić information content (AvgIpc) is 3.08. The molecule has 1 amide bonds. The van der Waals surface area contributed by atoms with E-state index in [2.05, 4.69) is 10.2 Å². The number of benzene rings is 3. The van der Waals surface area contributed by atoms with Crippen LogP contribution in [0.2, 0.25) is 0 Å². The summed E-state index contributed by atoms with van der Waals surface area (Å²) in [7, 11) is -3.93. The van der Waals surface area contributed by atoms with Gasteiger partial charge in [0.15, 0.2) is 5.75 Å². The van der Waals surface area contributed by atoms with Crippen molar-refractivity contribution in [2.75, 3.05) is 67.6 Å². The first kappa shape index (κ1) is 24.7. The number of rotatable bonds is 4. The number of sulfonamides is 1. The van der Waals surface area contributed by atoms with Crippen LogP contribution in [0.5, 0.6) is 11.5 Å². The Morgan fingerprint density at radius 2 is 1.50 bits per heavy atom. The molecule has 0 spiro atoms. The lowest BCUT2D eigenvalue weighted by Crippen LogP contribution is -2.47. The van der Waals surface area contributed by atoms with Crippen molar-refractivity contribution in [1.82, 2.24) is 4.31 Å². The third-order valence-electron chi connectivity index (χ3n) is 7.06. The normalized spacial score (nSPS) is 18.2. The molecule has 9 nitrogen and oxygen atoms in total. The standard InChI is InChI=1S/C27H27FN4O5S/c28-19-5-7-20(8-6-19)30-9-11-31(12-10-30)23-18-25-21(27(33)29-22-3-1-2-4-24(22)37-25)17-26(23)38(34,35)32-13-15-36-16-14-32/h1-8,17-18H,9-16H2,(H,29,33). The Kier molecular flexibility index (Phi) is 6.42. The maximum Gasteiger partial charge on any atom is 0.259 e. The number of anilines is 3. The van der Waals surface area contributed by atoms with Crippen LogP contribution in [-0.2, 0) is 14.8 Å². The molecule has 3 aliphatic heterocycles. The van der Waals surface area contributed by atoms with Crippen molar-refractivity contribution in [1.29, 1.82) is 0 Å². The van der Waals surface area contributed by atoms with Gasteiger partial charge >= 0.3 is 0 Å². The first-order valence-electron chi connectivity index (χ1n) is 12.5. The van der Waals surface area contributed by atoms with Crippen molar-refractivity contribution in [3.8, 4) is 11.5 Å². The number of fused-ring (bicyclic) bond motifs is 2. The van der Waals surface area contributed by atoms with E-state index in [0.29, 0.717) is 62.3 Å². The number of hydrogen-bond donors (Lipinski definition) is 1. The molecule has 0 saturated carbocycles. The van der Waals surface area contributed by atoms with Crippen molar-refractivity contribution in [3.63, 3.8) is 0 Å². The van der Waals surface area contributed by atoms with Crippen LogP contribution in [0.25, 0.3) is 0 Å². The Morgan fingerprint density at radius 1 is 0.816 bits per heavy atom. The maximum atomic E-state index is 13.9. The van der Waals surface area contributed by atoms with Crippen molar-refractivity contribution in [3.05, 3.63) is 72.0 Å². The highest BCUT2D eigenvalue weighted by atomic mass is 32.2. The van der Waals surface area contributed by atoms with Crippen LogP contribution in [0.1, 0.15) is 10.4 Å². The summed E-state index contributed by atoms with van der Waals surface area (Å²) in [6, 6.07) is 16.5. The van der Waals surface area contributed by atoms with E-state index in [1.807, 2.05) is 11.0 Å². The molecule has 0 unspecified atom stereocenters. The number of carbonyl (C=O) groups is 1. The van der Waals surface area contributed by atoms with Crippen LogP contribution in [0.15, 0.2) is 65.6 Å². The molecule has 3 aromatic carbocycles. The number of nitrogens with one attached hydrogen (secondary N) is 1. The predicted molar refractivity (Wildman–Crippen MR) is 141 cm³/mol. The predicted octanol–water partition coefficient (Wildman–Crippen LogP) is 3.53. The largest absolute Gasteiger partial charge is 0.454 e. The van der Waals surface area contributed by atoms with Gasteiger partial charge in [0.1, 0.15) is 16.5 Å². The fourth-order valence-electron chi connectivity index (χ4n) is 5.02. The molecule has 3 aromatic rings. The van der Waals surface area contributed by atoms with E-state index >= 15 is 0 Å². The van der Waals surface area contributed by atoms with Gasteiger partial charge in [-0.1, -0.05) is 12.1 Å². The summed E-state index contributed by atoms with van der Waals surface area (Å²) in [5.41, 5.74) is 2.06. The van der Waals surface area contributed by atoms with Crippen molar-refractivity contribution < 1.29 is 27.1 Å². The summed E-state index contributed by atoms with van der Waals surface area (Å²) >= 11 is 0. The van der Waals surface area contributed by atoms with Crippen LogP contribution in [-0.4, -0.2) is 71.1 Å². The van der Waals surface area contributed by atoms with E-state index in [9.17, 15) is 17.6 Å². The number of halogens is 1. The molecule has 0 aliphatic carbocycles. The quantitative estimate of drug-likeness (QED) is 0.544. The zero-order chi connectivity index (χ0) is 26.3. The molecule has 3 aliphatic rings. The number of hydrogen-bond acceptors (Lipinski definition) is 7.